The molecule has 0 amide bonds. The number of allylic oxidation sites excluding steroid dienone is 1. The molecule has 0 saturated heterocycles. The molecule has 0 aromatic heterocycles. The third kappa shape index (κ3) is 3.50. The van der Waals surface area contributed by atoms with Gasteiger partial charge in [-0.2, -0.15) is 0 Å². The first-order chi connectivity index (χ1) is 6.03. The van der Waals surface area contributed by atoms with Crippen LogP contribution in [0.4, 0.5) is 0 Å². The number of hydrogen-bond donors (Lipinski definition) is 1. The van der Waals surface area contributed by atoms with Crippen LogP contribution in [0.25, 0.3) is 0 Å². The van der Waals surface area contributed by atoms with Gasteiger partial charge in [-0.1, -0.05) is 0 Å². The summed E-state index contributed by atoms with van der Waals surface area (Å²) in [7, 11) is 4.25. The largest absolute Gasteiger partial charge is 0.487 e. The van der Waals surface area contributed by atoms with Crippen LogP contribution in [-0.2, 0) is 4.74 Å². The van der Waals surface area contributed by atoms with Crippen LogP contribution in [0.5, 0.6) is 0 Å². The molecule has 0 fully saturated rings. The van der Waals surface area contributed by atoms with Gasteiger partial charge in [-0.25, -0.2) is 0 Å². The Morgan fingerprint density at radius 2 is 2.31 bits per heavy atom. The van der Waals surface area contributed by atoms with Crippen LogP contribution >= 0.6 is 15.9 Å². The van der Waals surface area contributed by atoms with E-state index in [1.165, 1.54) is 0 Å². The van der Waals surface area contributed by atoms with Gasteiger partial charge in [0.15, 0.2) is 5.76 Å². The van der Waals surface area contributed by atoms with Crippen molar-refractivity contribution in [2.24, 2.45) is 5.73 Å². The minimum Gasteiger partial charge on any atom is -0.487 e. The smallest absolute Gasteiger partial charge is 0.173 e. The molecule has 0 atom stereocenters. The van der Waals surface area contributed by atoms with Crippen LogP contribution in [0.2, 0.25) is 0 Å². The molecule has 1 aliphatic heterocycles. The molecule has 13 heavy (non-hydrogen) atoms. The Morgan fingerprint density at radius 3 is 2.85 bits per heavy atom. The van der Waals surface area contributed by atoms with Gasteiger partial charge in [0.1, 0.15) is 19.4 Å². The summed E-state index contributed by atoms with van der Waals surface area (Å²) in [4.78, 5) is 0. The van der Waals surface area contributed by atoms with Crippen molar-refractivity contribution in [3.63, 3.8) is 0 Å². The van der Waals surface area contributed by atoms with E-state index in [0.29, 0.717) is 13.2 Å². The van der Waals surface area contributed by atoms with Crippen molar-refractivity contribution in [2.75, 3.05) is 33.8 Å². The quantitative estimate of drug-likeness (QED) is 0.761. The molecule has 0 spiro atoms. The average Bonchev–Trinajstić information content (AvgIpc) is 1.97. The Balaban J connectivity index is 2.66. The van der Waals surface area contributed by atoms with Crippen molar-refractivity contribution < 1.29 is 9.22 Å². The van der Waals surface area contributed by atoms with Gasteiger partial charge in [0, 0.05) is 12.6 Å². The number of quaternary nitrogens is 1. The topological polar surface area (TPSA) is 35.2 Å². The third-order valence-corrected chi connectivity index (χ3v) is 2.20. The van der Waals surface area contributed by atoms with Gasteiger partial charge in [-0.05, 0) is 15.9 Å². The van der Waals surface area contributed by atoms with Gasteiger partial charge in [0.2, 0.25) is 0 Å². The monoisotopic (exact) mass is 247 g/mol. The van der Waals surface area contributed by atoms with Gasteiger partial charge in [-0.15, -0.1) is 0 Å². The molecule has 0 radical (unpaired) electrons. The van der Waals surface area contributed by atoms with E-state index < -0.39 is 0 Å². The van der Waals surface area contributed by atoms with Crippen molar-refractivity contribution in [2.45, 2.75) is 0 Å². The lowest BCUT2D eigenvalue weighted by atomic mass is 10.3. The van der Waals surface area contributed by atoms with Gasteiger partial charge >= 0.3 is 0 Å². The van der Waals surface area contributed by atoms with E-state index in [-0.39, 0.29) is 0 Å². The van der Waals surface area contributed by atoms with E-state index in [1.54, 1.807) is 0 Å². The van der Waals surface area contributed by atoms with Crippen molar-refractivity contribution in [1.82, 2.24) is 0 Å². The normalized spacial score (nSPS) is 20.6. The fraction of sp³-hybridized carbons (Fsp3) is 0.556. The predicted octanol–water partition coefficient (Wildman–Crippen LogP) is 1.17. The average molecular weight is 248 g/mol. The molecule has 1 aliphatic rings. The summed E-state index contributed by atoms with van der Waals surface area (Å²) in [5.74, 6) is 0.897. The van der Waals surface area contributed by atoms with Gasteiger partial charge < -0.3 is 10.5 Å². The predicted molar refractivity (Wildman–Crippen MR) is 57.1 cm³/mol. The summed E-state index contributed by atoms with van der Waals surface area (Å²) in [6.45, 7) is 2.09. The van der Waals surface area contributed by atoms with Gasteiger partial charge in [0.25, 0.3) is 0 Å². The first-order valence-electron chi connectivity index (χ1n) is 4.28. The standard InChI is InChI=1S/C9H16BrN2O/c1-12(2)6-8(10)5-9(7-12)13-4-3-11/h5,7H,3-4,6,11H2,1-2H3/q+1. The molecular weight excluding hydrogens is 232 g/mol. The third-order valence-electron chi connectivity index (χ3n) is 1.72. The van der Waals surface area contributed by atoms with Gasteiger partial charge in [0.05, 0.1) is 18.6 Å². The van der Waals surface area contributed by atoms with Crippen LogP contribution < -0.4 is 5.73 Å². The second-order valence-electron chi connectivity index (χ2n) is 3.70. The van der Waals surface area contributed by atoms with Crippen molar-refractivity contribution >= 4 is 15.9 Å². The maximum absolute atomic E-state index is 5.45. The molecular formula is C9H16BrN2O+. The molecule has 74 valence electrons. The van der Waals surface area contributed by atoms with E-state index in [9.17, 15) is 0 Å². The first kappa shape index (κ1) is 10.8. The SMILES string of the molecule is C[N+]1(C)C=C(OCCN)C=C(Br)C1. The van der Waals surface area contributed by atoms with Gasteiger partial charge in [-0.3, -0.25) is 4.48 Å². The van der Waals surface area contributed by atoms with E-state index in [0.717, 1.165) is 21.3 Å². The molecule has 0 aromatic carbocycles. The maximum Gasteiger partial charge on any atom is 0.173 e. The van der Waals surface area contributed by atoms with Crippen LogP contribution in [0, 0.1) is 0 Å². The van der Waals surface area contributed by atoms with E-state index >= 15 is 0 Å². The van der Waals surface area contributed by atoms with Crippen LogP contribution in [0.15, 0.2) is 22.5 Å². The number of nitrogens with zero attached hydrogens (tertiary/aromatic N) is 1. The molecule has 4 heteroatoms. The number of hydrogen-bond acceptors (Lipinski definition) is 2. The molecule has 0 aliphatic carbocycles. The summed E-state index contributed by atoms with van der Waals surface area (Å²) >= 11 is 3.49. The zero-order valence-corrected chi connectivity index (χ0v) is 9.67. The highest BCUT2D eigenvalue weighted by Crippen LogP contribution is 2.21. The number of likely N-dealkylation sites (N-methyl/N-ethyl adjacent to an activating group) is 1. The second kappa shape index (κ2) is 4.26. The molecule has 0 aromatic rings. The van der Waals surface area contributed by atoms with Crippen molar-refractivity contribution in [3.8, 4) is 0 Å². The Bertz CT molecular complexity index is 246. The number of halogens is 1. The summed E-state index contributed by atoms with van der Waals surface area (Å²) in [6.07, 6.45) is 4.08. The second-order valence-corrected chi connectivity index (χ2v) is 4.72. The highest BCUT2D eigenvalue weighted by atomic mass is 79.9. The maximum atomic E-state index is 5.45. The van der Waals surface area contributed by atoms with Crippen LogP contribution in [0.3, 0.4) is 0 Å². The highest BCUT2D eigenvalue weighted by Gasteiger charge is 2.20. The van der Waals surface area contributed by atoms with E-state index in [1.807, 2.05) is 6.08 Å². The summed E-state index contributed by atoms with van der Waals surface area (Å²) < 4.78 is 7.41. The fourth-order valence-corrected chi connectivity index (χ4v) is 2.14. The minimum atomic E-state index is 0.552. The lowest BCUT2D eigenvalue weighted by Crippen LogP contribution is -2.37. The molecule has 1 rings (SSSR count). The van der Waals surface area contributed by atoms with Crippen LogP contribution in [-0.4, -0.2) is 38.3 Å². The lowest BCUT2D eigenvalue weighted by molar-refractivity contribution is -0.834. The molecule has 3 nitrogen and oxygen atoms in total. The summed E-state index contributed by atoms with van der Waals surface area (Å²) in [6, 6.07) is 0. The fourth-order valence-electron chi connectivity index (χ4n) is 1.27. The Labute approximate surface area is 87.6 Å². The van der Waals surface area contributed by atoms with Crippen LogP contribution in [0.1, 0.15) is 0 Å². The van der Waals surface area contributed by atoms with Crippen molar-refractivity contribution in [3.05, 3.63) is 22.5 Å². The zero-order valence-electron chi connectivity index (χ0n) is 8.09. The Kier molecular flexibility index (Phi) is 3.53. The molecule has 1 heterocycles. The molecule has 2 N–H and O–H groups in total. The zero-order chi connectivity index (χ0) is 9.90. The van der Waals surface area contributed by atoms with E-state index in [4.69, 9.17) is 10.5 Å². The number of ether oxygens (including phenoxy) is 1. The van der Waals surface area contributed by atoms with Crippen molar-refractivity contribution in [1.29, 1.82) is 0 Å². The molecule has 0 bridgehead atoms. The number of rotatable bonds is 3. The molecule has 0 saturated carbocycles. The minimum absolute atomic E-state index is 0.552. The molecule has 0 unspecified atom stereocenters. The summed E-state index contributed by atoms with van der Waals surface area (Å²) in [5, 5.41) is 0. The van der Waals surface area contributed by atoms with E-state index in [2.05, 4.69) is 36.2 Å². The Hall–Kier alpha value is -0.320. The Morgan fingerprint density at radius 1 is 1.62 bits per heavy atom. The lowest BCUT2D eigenvalue weighted by Gasteiger charge is -2.28. The summed E-state index contributed by atoms with van der Waals surface area (Å²) in [5.41, 5.74) is 5.36. The first-order valence-corrected chi connectivity index (χ1v) is 5.07. The number of nitrogens with two attached hydrogens (primary N) is 1. The highest BCUT2D eigenvalue weighted by molar-refractivity contribution is 9.11.